The number of unbranched alkanes of at least 4 members (excludes halogenated alkanes) is 1. The number of hydrogen-bond donors (Lipinski definition) is 3. The molecule has 0 saturated heterocycles. The number of halogens is 2. The highest BCUT2D eigenvalue weighted by molar-refractivity contribution is 14.0. The number of benzene rings is 2. The molecule has 0 aliphatic carbocycles. The first-order valence-corrected chi connectivity index (χ1v) is 15.1. The van der Waals surface area contributed by atoms with Crippen LogP contribution in [-0.4, -0.2) is 49.4 Å². The first-order chi connectivity index (χ1) is 20.5. The van der Waals surface area contributed by atoms with E-state index in [-0.39, 0.29) is 37.4 Å². The summed E-state index contributed by atoms with van der Waals surface area (Å²) in [6.07, 6.45) is 4.15. The van der Waals surface area contributed by atoms with Crippen LogP contribution in [0.3, 0.4) is 0 Å². The Balaban J connectivity index is 0.000000234. The van der Waals surface area contributed by atoms with Crippen LogP contribution < -0.4 is 16.8 Å². The average molecular weight is 730 g/mol. The molecule has 11 heteroatoms. The molecule has 6 rings (SSSR count). The maximum absolute atomic E-state index is 6.11. The van der Waals surface area contributed by atoms with E-state index in [0.29, 0.717) is 11.1 Å². The van der Waals surface area contributed by atoms with E-state index in [9.17, 15) is 0 Å². The highest BCUT2D eigenvalue weighted by Crippen LogP contribution is 2.26. The van der Waals surface area contributed by atoms with Crippen LogP contribution in [0.2, 0.25) is 5.15 Å². The Bertz CT molecular complexity index is 1460. The van der Waals surface area contributed by atoms with Gasteiger partial charge in [-0.1, -0.05) is 93.0 Å². The summed E-state index contributed by atoms with van der Waals surface area (Å²) in [5.41, 5.74) is 18.5. The van der Waals surface area contributed by atoms with E-state index in [0.717, 1.165) is 87.8 Å². The minimum atomic E-state index is 0. The molecule has 4 aromatic rings. The Kier molecular flexibility index (Phi) is 14.0. The molecule has 0 atom stereocenters. The number of fused-ring (bicyclic) bond motifs is 2. The topological polar surface area (TPSA) is 122 Å². The maximum Gasteiger partial charge on any atom is 0.222 e. The lowest BCUT2D eigenvalue weighted by Crippen LogP contribution is -2.32. The molecule has 0 radical (unpaired) electrons. The molecular formula is C33H45ClIN9. The molecule has 2 aromatic heterocycles. The zero-order valence-electron chi connectivity index (χ0n) is 24.7. The maximum atomic E-state index is 6.11. The van der Waals surface area contributed by atoms with E-state index in [1.54, 1.807) is 0 Å². The molecule has 0 fully saturated rings. The van der Waals surface area contributed by atoms with Crippen molar-refractivity contribution in [1.82, 2.24) is 29.7 Å². The van der Waals surface area contributed by atoms with E-state index in [1.165, 1.54) is 23.1 Å². The van der Waals surface area contributed by atoms with Crippen LogP contribution in [0.15, 0.2) is 60.7 Å². The highest BCUT2D eigenvalue weighted by Gasteiger charge is 2.23. The Morgan fingerprint density at radius 2 is 1.25 bits per heavy atom. The van der Waals surface area contributed by atoms with Gasteiger partial charge in [-0.2, -0.15) is 4.98 Å². The molecule has 9 nitrogen and oxygen atoms in total. The molecule has 0 unspecified atom stereocenters. The summed E-state index contributed by atoms with van der Waals surface area (Å²) in [6, 6.07) is 21.0. The van der Waals surface area contributed by atoms with Crippen LogP contribution in [0.25, 0.3) is 0 Å². The SMILES string of the molecule is C.CCCCNc1nc(N)nc2c1CCN(Cc1ccccc1)C2.I.Nc1nc(Cl)c2c(n1)CN(Cc1ccccc1)CC2. The Morgan fingerprint density at radius 1 is 0.750 bits per heavy atom. The van der Waals surface area contributed by atoms with Gasteiger partial charge in [0.05, 0.1) is 11.4 Å². The number of nitrogens with one attached hydrogen (secondary N) is 1. The second-order valence-corrected chi connectivity index (χ2v) is 11.2. The van der Waals surface area contributed by atoms with Crippen LogP contribution >= 0.6 is 35.6 Å². The van der Waals surface area contributed by atoms with Crippen LogP contribution in [0.5, 0.6) is 0 Å². The fraction of sp³-hybridized carbons (Fsp3) is 0.394. The molecule has 2 aromatic carbocycles. The molecule has 4 heterocycles. The van der Waals surface area contributed by atoms with Gasteiger partial charge in [0.2, 0.25) is 11.9 Å². The van der Waals surface area contributed by atoms with Crippen LogP contribution in [0.4, 0.5) is 17.7 Å². The van der Waals surface area contributed by atoms with Crippen molar-refractivity contribution in [2.75, 3.05) is 36.4 Å². The summed E-state index contributed by atoms with van der Waals surface area (Å²) < 4.78 is 0. The van der Waals surface area contributed by atoms with Crippen molar-refractivity contribution in [1.29, 1.82) is 0 Å². The second kappa shape index (κ2) is 17.4. The molecule has 2 aliphatic heterocycles. The quantitative estimate of drug-likeness (QED) is 0.108. The largest absolute Gasteiger partial charge is 0.370 e. The van der Waals surface area contributed by atoms with Gasteiger partial charge in [-0.3, -0.25) is 9.80 Å². The minimum Gasteiger partial charge on any atom is -0.370 e. The number of anilines is 3. The van der Waals surface area contributed by atoms with E-state index < -0.39 is 0 Å². The zero-order valence-corrected chi connectivity index (χ0v) is 27.8. The number of hydrogen-bond acceptors (Lipinski definition) is 9. The fourth-order valence-electron chi connectivity index (χ4n) is 5.44. The van der Waals surface area contributed by atoms with E-state index in [1.807, 2.05) is 6.07 Å². The van der Waals surface area contributed by atoms with E-state index >= 15 is 0 Å². The fourth-order valence-corrected chi connectivity index (χ4v) is 5.73. The number of nitrogens with zero attached hydrogens (tertiary/aromatic N) is 6. The van der Waals surface area contributed by atoms with Crippen molar-refractivity contribution < 1.29 is 0 Å². The van der Waals surface area contributed by atoms with Gasteiger partial charge in [-0.25, -0.2) is 15.0 Å². The number of nitrogens with two attached hydrogens (primary N) is 2. The minimum absolute atomic E-state index is 0. The lowest BCUT2D eigenvalue weighted by molar-refractivity contribution is 0.241. The summed E-state index contributed by atoms with van der Waals surface area (Å²) in [5.74, 6) is 1.55. The first-order valence-electron chi connectivity index (χ1n) is 14.7. The van der Waals surface area contributed by atoms with E-state index in [2.05, 4.69) is 96.6 Å². The molecule has 0 saturated carbocycles. The van der Waals surface area contributed by atoms with Crippen LogP contribution in [0, 0.1) is 0 Å². The van der Waals surface area contributed by atoms with Gasteiger partial charge in [-0.05, 0) is 30.4 Å². The highest BCUT2D eigenvalue weighted by atomic mass is 127. The zero-order chi connectivity index (χ0) is 29.3. The lowest BCUT2D eigenvalue weighted by Gasteiger charge is -2.29. The summed E-state index contributed by atoms with van der Waals surface area (Å²) in [5, 5.41) is 3.93. The third kappa shape index (κ3) is 9.72. The predicted octanol–water partition coefficient (Wildman–Crippen LogP) is 6.35. The number of nitrogen functional groups attached to an aromatic ring is 2. The van der Waals surface area contributed by atoms with Gasteiger partial charge in [0, 0.05) is 56.9 Å². The Labute approximate surface area is 283 Å². The van der Waals surface area contributed by atoms with Crippen molar-refractivity contribution in [3.8, 4) is 0 Å². The number of aromatic nitrogens is 4. The van der Waals surface area contributed by atoms with Gasteiger partial charge in [0.15, 0.2) is 0 Å². The van der Waals surface area contributed by atoms with Crippen LogP contribution in [0.1, 0.15) is 60.8 Å². The summed E-state index contributed by atoms with van der Waals surface area (Å²) in [7, 11) is 0. The Hall–Kier alpha value is -3.06. The lowest BCUT2D eigenvalue weighted by atomic mass is 10.0. The molecule has 2 aliphatic rings. The van der Waals surface area contributed by atoms with Gasteiger partial charge >= 0.3 is 0 Å². The normalized spacial score (nSPS) is 14.1. The second-order valence-electron chi connectivity index (χ2n) is 10.8. The smallest absolute Gasteiger partial charge is 0.222 e. The van der Waals surface area contributed by atoms with Crippen molar-refractivity contribution in [2.24, 2.45) is 0 Å². The number of rotatable bonds is 8. The van der Waals surface area contributed by atoms with E-state index in [4.69, 9.17) is 23.1 Å². The molecule has 44 heavy (non-hydrogen) atoms. The van der Waals surface area contributed by atoms with Gasteiger partial charge in [0.25, 0.3) is 0 Å². The van der Waals surface area contributed by atoms with Crippen molar-refractivity contribution >= 4 is 53.3 Å². The average Bonchev–Trinajstić information content (AvgIpc) is 2.98. The Morgan fingerprint density at radius 3 is 1.80 bits per heavy atom. The van der Waals surface area contributed by atoms with Crippen LogP contribution in [-0.2, 0) is 39.0 Å². The van der Waals surface area contributed by atoms with Gasteiger partial charge < -0.3 is 16.8 Å². The van der Waals surface area contributed by atoms with Crippen molar-refractivity contribution in [3.05, 3.63) is 99.5 Å². The first kappa shape index (κ1) is 35.4. The molecule has 0 amide bonds. The van der Waals surface area contributed by atoms with Crippen molar-refractivity contribution in [2.45, 2.75) is 66.2 Å². The van der Waals surface area contributed by atoms with Gasteiger partial charge in [-0.15, -0.1) is 24.0 Å². The van der Waals surface area contributed by atoms with Crippen molar-refractivity contribution in [3.63, 3.8) is 0 Å². The standard InChI is InChI=1S/C18H25N5.C14H15ClN4.CH4.HI/c1-2-3-10-20-17-15-9-11-23(12-14-7-5-4-6-8-14)13-16(15)21-18(19)22-17;15-13-11-6-7-19(8-10-4-2-1-3-5-10)9-12(11)17-14(16)18-13;;/h4-8H,2-3,9-13H2,1H3,(H3,19,20,21,22);1-5H,6-9H2,(H2,16,17,18);1H4;1H. The van der Waals surface area contributed by atoms with Gasteiger partial charge in [0.1, 0.15) is 11.0 Å². The summed E-state index contributed by atoms with van der Waals surface area (Å²) in [4.78, 5) is 22.0. The third-order valence-corrected chi connectivity index (χ3v) is 7.91. The monoisotopic (exact) mass is 729 g/mol. The summed E-state index contributed by atoms with van der Waals surface area (Å²) in [6.45, 7) is 8.59. The molecular weight excluding hydrogens is 685 g/mol. The molecule has 236 valence electrons. The molecule has 0 spiro atoms. The predicted molar refractivity (Wildman–Crippen MR) is 192 cm³/mol. The molecule has 5 N–H and O–H groups in total. The summed E-state index contributed by atoms with van der Waals surface area (Å²) >= 11 is 6.11. The third-order valence-electron chi connectivity index (χ3n) is 7.59. The molecule has 0 bridgehead atoms.